The monoisotopic (exact) mass is 238 g/mol. The number of carbonyl (C=O) groups excluding carboxylic acids is 2. The van der Waals surface area contributed by atoms with Crippen molar-refractivity contribution in [3.05, 3.63) is 30.2 Å². The average molecular weight is 238 g/mol. The van der Waals surface area contributed by atoms with E-state index in [2.05, 4.69) is 9.47 Å². The largest absolute Gasteiger partial charge is 0.468 e. The van der Waals surface area contributed by atoms with Gasteiger partial charge in [0, 0.05) is 0 Å². The standard InChI is InChI=1S/C12H14O5/c1-15-11(13)10(12(14)16-2)7-3-5-9-6-4-8-17-9/h3-6,8,10H,7H2,1-2H3/b5-3+. The molecule has 0 unspecified atom stereocenters. The molecule has 0 aliphatic carbocycles. The first-order valence-corrected chi connectivity index (χ1v) is 5.04. The Kier molecular flexibility index (Phi) is 5.00. The van der Waals surface area contributed by atoms with Crippen molar-refractivity contribution in [1.29, 1.82) is 0 Å². The lowest BCUT2D eigenvalue weighted by Gasteiger charge is -2.09. The van der Waals surface area contributed by atoms with Crippen LogP contribution in [0.2, 0.25) is 0 Å². The number of esters is 2. The molecule has 0 atom stereocenters. The van der Waals surface area contributed by atoms with Crippen LogP contribution in [0, 0.1) is 5.92 Å². The van der Waals surface area contributed by atoms with Gasteiger partial charge < -0.3 is 13.9 Å². The summed E-state index contributed by atoms with van der Waals surface area (Å²) in [6.07, 6.45) is 5.09. The van der Waals surface area contributed by atoms with Gasteiger partial charge in [0.1, 0.15) is 5.76 Å². The van der Waals surface area contributed by atoms with Crippen molar-refractivity contribution in [2.24, 2.45) is 5.92 Å². The summed E-state index contributed by atoms with van der Waals surface area (Å²) in [5, 5.41) is 0. The Morgan fingerprint density at radius 2 is 2.00 bits per heavy atom. The van der Waals surface area contributed by atoms with Gasteiger partial charge in [-0.15, -0.1) is 0 Å². The van der Waals surface area contributed by atoms with E-state index in [1.807, 2.05) is 0 Å². The number of carbonyl (C=O) groups is 2. The van der Waals surface area contributed by atoms with Crippen LogP contribution in [0.25, 0.3) is 6.08 Å². The van der Waals surface area contributed by atoms with Crippen molar-refractivity contribution in [2.75, 3.05) is 14.2 Å². The van der Waals surface area contributed by atoms with Gasteiger partial charge in [-0.3, -0.25) is 9.59 Å². The highest BCUT2D eigenvalue weighted by Crippen LogP contribution is 2.11. The summed E-state index contributed by atoms with van der Waals surface area (Å²) in [5.41, 5.74) is 0. The smallest absolute Gasteiger partial charge is 0.320 e. The minimum Gasteiger partial charge on any atom is -0.468 e. The van der Waals surface area contributed by atoms with Crippen LogP contribution in [0.1, 0.15) is 12.2 Å². The zero-order chi connectivity index (χ0) is 12.7. The Bertz CT molecular complexity index is 375. The van der Waals surface area contributed by atoms with E-state index in [9.17, 15) is 9.59 Å². The molecule has 5 heteroatoms. The van der Waals surface area contributed by atoms with Crippen molar-refractivity contribution in [3.63, 3.8) is 0 Å². The predicted octanol–water partition coefficient (Wildman–Crippen LogP) is 1.65. The molecule has 1 aromatic heterocycles. The zero-order valence-electron chi connectivity index (χ0n) is 9.71. The van der Waals surface area contributed by atoms with E-state index < -0.39 is 17.9 Å². The molecule has 0 aromatic carbocycles. The summed E-state index contributed by atoms with van der Waals surface area (Å²) >= 11 is 0. The summed E-state index contributed by atoms with van der Waals surface area (Å²) in [6, 6.07) is 3.51. The number of methoxy groups -OCH3 is 2. The quantitative estimate of drug-likeness (QED) is 0.576. The summed E-state index contributed by atoms with van der Waals surface area (Å²) in [6.45, 7) is 0. The van der Waals surface area contributed by atoms with E-state index in [0.29, 0.717) is 5.76 Å². The van der Waals surface area contributed by atoms with Gasteiger partial charge in [-0.25, -0.2) is 0 Å². The minimum absolute atomic E-state index is 0.208. The van der Waals surface area contributed by atoms with Crippen LogP contribution >= 0.6 is 0 Å². The number of furan rings is 1. The fourth-order valence-corrected chi connectivity index (χ4v) is 1.28. The molecule has 0 saturated carbocycles. The Morgan fingerprint density at radius 3 is 2.47 bits per heavy atom. The normalized spacial score (nSPS) is 10.8. The molecule has 0 bridgehead atoms. The van der Waals surface area contributed by atoms with E-state index in [1.54, 1.807) is 24.3 Å². The highest BCUT2D eigenvalue weighted by atomic mass is 16.5. The second kappa shape index (κ2) is 6.52. The van der Waals surface area contributed by atoms with Crippen molar-refractivity contribution < 1.29 is 23.5 Å². The Morgan fingerprint density at radius 1 is 1.35 bits per heavy atom. The second-order valence-corrected chi connectivity index (χ2v) is 3.25. The fraction of sp³-hybridized carbons (Fsp3) is 0.333. The van der Waals surface area contributed by atoms with Crippen LogP contribution < -0.4 is 0 Å². The highest BCUT2D eigenvalue weighted by Gasteiger charge is 2.27. The average Bonchev–Trinajstić information content (AvgIpc) is 2.86. The van der Waals surface area contributed by atoms with E-state index >= 15 is 0 Å². The van der Waals surface area contributed by atoms with E-state index in [-0.39, 0.29) is 6.42 Å². The molecule has 1 aromatic rings. The van der Waals surface area contributed by atoms with Crippen molar-refractivity contribution >= 4 is 18.0 Å². The second-order valence-electron chi connectivity index (χ2n) is 3.25. The molecule has 0 spiro atoms. The Hall–Kier alpha value is -2.04. The van der Waals surface area contributed by atoms with Gasteiger partial charge in [-0.05, 0) is 24.6 Å². The lowest BCUT2D eigenvalue weighted by atomic mass is 10.1. The summed E-state index contributed by atoms with van der Waals surface area (Å²) in [7, 11) is 2.46. The molecule has 5 nitrogen and oxygen atoms in total. The van der Waals surface area contributed by atoms with Crippen LogP contribution in [0.15, 0.2) is 28.9 Å². The lowest BCUT2D eigenvalue weighted by Crippen LogP contribution is -2.25. The molecule has 0 saturated heterocycles. The maximum atomic E-state index is 11.3. The van der Waals surface area contributed by atoms with Gasteiger partial charge in [-0.2, -0.15) is 0 Å². The fourth-order valence-electron chi connectivity index (χ4n) is 1.28. The lowest BCUT2D eigenvalue weighted by molar-refractivity contribution is -0.158. The molecule has 0 aliphatic rings. The van der Waals surface area contributed by atoms with Crippen molar-refractivity contribution in [1.82, 2.24) is 0 Å². The number of ether oxygens (including phenoxy) is 2. The molecule has 0 radical (unpaired) electrons. The molecule has 0 aliphatic heterocycles. The summed E-state index contributed by atoms with van der Waals surface area (Å²) in [5.74, 6) is -1.50. The zero-order valence-corrected chi connectivity index (χ0v) is 9.71. The summed E-state index contributed by atoms with van der Waals surface area (Å²) < 4.78 is 14.1. The van der Waals surface area contributed by atoms with Crippen LogP contribution in [-0.2, 0) is 19.1 Å². The molecule has 1 heterocycles. The topological polar surface area (TPSA) is 65.7 Å². The Labute approximate surface area is 99.0 Å². The first kappa shape index (κ1) is 13.0. The van der Waals surface area contributed by atoms with Crippen LogP contribution in [0.5, 0.6) is 0 Å². The molecule has 92 valence electrons. The maximum Gasteiger partial charge on any atom is 0.320 e. The highest BCUT2D eigenvalue weighted by molar-refractivity contribution is 5.95. The van der Waals surface area contributed by atoms with E-state index in [4.69, 9.17) is 4.42 Å². The van der Waals surface area contributed by atoms with E-state index in [0.717, 1.165) is 0 Å². The Balaban J connectivity index is 2.61. The van der Waals surface area contributed by atoms with Gasteiger partial charge in [0.2, 0.25) is 0 Å². The predicted molar refractivity (Wildman–Crippen MR) is 59.9 cm³/mol. The van der Waals surface area contributed by atoms with Crippen molar-refractivity contribution in [3.8, 4) is 0 Å². The minimum atomic E-state index is -0.934. The number of allylic oxidation sites excluding steroid dienone is 1. The third kappa shape index (κ3) is 3.79. The van der Waals surface area contributed by atoms with Crippen molar-refractivity contribution in [2.45, 2.75) is 6.42 Å². The molecule has 17 heavy (non-hydrogen) atoms. The van der Waals surface area contributed by atoms with Crippen LogP contribution in [-0.4, -0.2) is 26.2 Å². The van der Waals surface area contributed by atoms with E-state index in [1.165, 1.54) is 20.5 Å². The molecule has 0 amide bonds. The van der Waals surface area contributed by atoms with Crippen LogP contribution in [0.3, 0.4) is 0 Å². The van der Waals surface area contributed by atoms with Gasteiger partial charge in [0.25, 0.3) is 0 Å². The van der Waals surface area contributed by atoms with Gasteiger partial charge in [-0.1, -0.05) is 6.08 Å². The molecular weight excluding hydrogens is 224 g/mol. The molecule has 1 rings (SSSR count). The molecule has 0 fully saturated rings. The summed E-state index contributed by atoms with van der Waals surface area (Å²) in [4.78, 5) is 22.6. The number of rotatable bonds is 5. The maximum absolute atomic E-state index is 11.3. The van der Waals surface area contributed by atoms with Gasteiger partial charge in [0.05, 0.1) is 20.5 Å². The number of hydrogen-bond acceptors (Lipinski definition) is 5. The van der Waals surface area contributed by atoms with Crippen LogP contribution in [0.4, 0.5) is 0 Å². The molecule has 0 N–H and O–H groups in total. The third-order valence-electron chi connectivity index (χ3n) is 2.17. The first-order chi connectivity index (χ1) is 8.19. The SMILES string of the molecule is COC(=O)C(C/C=C/c1ccco1)C(=O)OC. The van der Waals surface area contributed by atoms with Gasteiger partial charge in [0.15, 0.2) is 5.92 Å². The number of hydrogen-bond donors (Lipinski definition) is 0. The first-order valence-electron chi connectivity index (χ1n) is 5.04. The van der Waals surface area contributed by atoms with Gasteiger partial charge >= 0.3 is 11.9 Å². The third-order valence-corrected chi connectivity index (χ3v) is 2.17. The molecular formula is C12H14O5.